The predicted molar refractivity (Wildman–Crippen MR) is 90.6 cm³/mol. The molecule has 0 bridgehead atoms. The summed E-state index contributed by atoms with van der Waals surface area (Å²) in [7, 11) is 0. The monoisotopic (exact) mass is 392 g/mol. The van der Waals surface area contributed by atoms with Gasteiger partial charge in [-0.15, -0.1) is 0 Å². The molecule has 0 fully saturated rings. The molecule has 0 atom stereocenters. The molecule has 3 rings (SSSR count). The Kier molecular flexibility index (Phi) is 5.29. The maximum atomic E-state index is 13.8. The van der Waals surface area contributed by atoms with Gasteiger partial charge in [-0.05, 0) is 12.1 Å². The van der Waals surface area contributed by atoms with Crippen LogP contribution in [0.25, 0.3) is 11.3 Å². The first kappa shape index (κ1) is 16.6. The van der Waals surface area contributed by atoms with Gasteiger partial charge in [-0.25, -0.2) is 19.8 Å². The number of benzene rings is 1. The second kappa shape index (κ2) is 8.91. The Labute approximate surface area is 159 Å². The molecule has 3 aromatic rings. The summed E-state index contributed by atoms with van der Waals surface area (Å²) < 4.78 is 57.9. The molecule has 0 saturated carbocycles. The van der Waals surface area contributed by atoms with E-state index in [4.69, 9.17) is 7.58 Å². The largest absolute Gasteiger partial charge is 0.417 e. The van der Waals surface area contributed by atoms with Crippen LogP contribution in [0.3, 0.4) is 0 Å². The Balaban J connectivity index is 1.71. The molecule has 28 heavy (non-hydrogen) atoms. The van der Waals surface area contributed by atoms with Crippen LogP contribution in [0.1, 0.15) is 18.8 Å². The molecule has 144 valence electrons. The van der Waals surface area contributed by atoms with Gasteiger partial charge in [0.05, 0.1) is 20.8 Å². The zero-order chi connectivity index (χ0) is 21.7. The zero-order valence-corrected chi connectivity index (χ0v) is 14.0. The van der Waals surface area contributed by atoms with E-state index in [0.29, 0.717) is 5.56 Å². The second-order valence-electron chi connectivity index (χ2n) is 5.17. The number of ether oxygens (including phenoxy) is 1. The van der Waals surface area contributed by atoms with Crippen molar-refractivity contribution in [3.8, 4) is 17.1 Å². The van der Waals surface area contributed by atoms with E-state index in [0.717, 1.165) is 12.3 Å². The minimum atomic E-state index is -3.01. The Morgan fingerprint density at radius 3 is 2.71 bits per heavy atom. The Hall–Kier alpha value is -3.53. The van der Waals surface area contributed by atoms with Crippen molar-refractivity contribution >= 4 is 5.91 Å². The van der Waals surface area contributed by atoms with Crippen molar-refractivity contribution in [3.63, 3.8) is 0 Å². The molecule has 0 unspecified atom stereocenters. The van der Waals surface area contributed by atoms with E-state index in [2.05, 4.69) is 19.7 Å². The van der Waals surface area contributed by atoms with Crippen LogP contribution in [0, 0.1) is 5.82 Å². The number of halogens is 3. The van der Waals surface area contributed by atoms with Gasteiger partial charge in [-0.2, -0.15) is 8.78 Å². The van der Waals surface area contributed by atoms with Crippen molar-refractivity contribution in [1.29, 1.82) is 0 Å². The Morgan fingerprint density at radius 2 is 2.00 bits per heavy atom. The molecule has 0 aliphatic carbocycles. The highest BCUT2D eigenvalue weighted by Crippen LogP contribution is 2.19. The van der Waals surface area contributed by atoms with E-state index >= 15 is 0 Å². The van der Waals surface area contributed by atoms with Gasteiger partial charge in [-0.3, -0.25) is 14.6 Å². The summed E-state index contributed by atoms with van der Waals surface area (Å²) in [5, 5.41) is 0. The highest BCUT2D eigenvalue weighted by molar-refractivity contribution is 5.91. The van der Waals surface area contributed by atoms with E-state index in [-0.39, 0.29) is 17.3 Å². The number of rotatable bonds is 7. The van der Waals surface area contributed by atoms with Gasteiger partial charge in [0.1, 0.15) is 18.1 Å². The molecule has 0 aliphatic rings. The quantitative estimate of drug-likeness (QED) is 0.622. The summed E-state index contributed by atoms with van der Waals surface area (Å²) >= 11 is 0. The first-order chi connectivity index (χ1) is 14.3. The third-order valence-corrected chi connectivity index (χ3v) is 3.29. The van der Waals surface area contributed by atoms with Crippen LogP contribution in [0.15, 0.2) is 55.0 Å². The van der Waals surface area contributed by atoms with Gasteiger partial charge in [0.25, 0.3) is 5.91 Å². The highest BCUT2D eigenvalue weighted by atomic mass is 19.3. The lowest BCUT2D eigenvalue weighted by molar-refractivity contribution is -0.0528. The van der Waals surface area contributed by atoms with Crippen molar-refractivity contribution in [3.05, 3.63) is 72.1 Å². The number of hydrogen-bond acceptors (Lipinski definition) is 6. The number of alkyl halides is 2. The maximum absolute atomic E-state index is 13.8. The third-order valence-electron chi connectivity index (χ3n) is 3.29. The first-order valence-electron chi connectivity index (χ1n) is 8.73. The lowest BCUT2D eigenvalue weighted by atomic mass is 10.2. The number of carbonyl (C=O) groups is 1. The van der Waals surface area contributed by atoms with Crippen LogP contribution in [-0.4, -0.2) is 27.5 Å². The van der Waals surface area contributed by atoms with Crippen molar-refractivity contribution < 1.29 is 30.3 Å². The second-order valence-corrected chi connectivity index (χ2v) is 5.17. The average molecular weight is 392 g/mol. The van der Waals surface area contributed by atoms with Crippen molar-refractivity contribution in [1.82, 2.24) is 20.4 Å². The fourth-order valence-electron chi connectivity index (χ4n) is 2.03. The third kappa shape index (κ3) is 5.01. The van der Waals surface area contributed by atoms with Crippen LogP contribution in [-0.2, 0) is 11.4 Å². The molecular formula is C18H13F3N4O3. The van der Waals surface area contributed by atoms with E-state index < -0.39 is 30.5 Å². The van der Waals surface area contributed by atoms with Crippen LogP contribution in [0.5, 0.6) is 5.88 Å². The zero-order valence-electron chi connectivity index (χ0n) is 16.0. The molecular weight excluding hydrogens is 377 g/mol. The molecule has 1 aromatic carbocycles. The number of carbonyl (C=O) groups excluding carboxylic acids is 1. The standard InChI is InChI=1S/C18H13F3N4O3/c19-13-4-2-1-3-12(13)10-27-25-17(26)15-9-22-8-14(24-15)11-5-6-16(23-7-11)28-18(20)21/h1-9,18H,10H2,(H,25,26)/i10D2. The molecule has 0 saturated heterocycles. The molecule has 0 radical (unpaired) electrons. The fourth-order valence-corrected chi connectivity index (χ4v) is 2.03. The van der Waals surface area contributed by atoms with E-state index in [9.17, 15) is 18.0 Å². The van der Waals surface area contributed by atoms with Gasteiger partial charge < -0.3 is 4.74 Å². The van der Waals surface area contributed by atoms with Gasteiger partial charge in [0.15, 0.2) is 0 Å². The Morgan fingerprint density at radius 1 is 1.18 bits per heavy atom. The van der Waals surface area contributed by atoms with Crippen molar-refractivity contribution in [2.24, 2.45) is 0 Å². The van der Waals surface area contributed by atoms with E-state index in [1.807, 2.05) is 5.48 Å². The minimum absolute atomic E-state index is 0.191. The number of nitrogens with zero attached hydrogens (tertiary/aromatic N) is 3. The normalized spacial score (nSPS) is 12.3. The fraction of sp³-hybridized carbons (Fsp3) is 0.111. The smallest absolute Gasteiger partial charge is 0.388 e. The van der Waals surface area contributed by atoms with E-state index in [1.165, 1.54) is 42.7 Å². The van der Waals surface area contributed by atoms with Crippen LogP contribution in [0.4, 0.5) is 13.2 Å². The van der Waals surface area contributed by atoms with E-state index in [1.54, 1.807) is 0 Å². The summed E-state index contributed by atoms with van der Waals surface area (Å²) in [5.41, 5.74) is 1.79. The van der Waals surface area contributed by atoms with Crippen molar-refractivity contribution in [2.45, 2.75) is 13.2 Å². The highest BCUT2D eigenvalue weighted by Gasteiger charge is 2.12. The number of amides is 1. The van der Waals surface area contributed by atoms with Crippen LogP contribution in [0.2, 0.25) is 0 Å². The molecule has 0 aliphatic heterocycles. The minimum Gasteiger partial charge on any atom is -0.417 e. The van der Waals surface area contributed by atoms with Crippen molar-refractivity contribution in [2.75, 3.05) is 0 Å². The molecule has 2 aromatic heterocycles. The molecule has 10 heteroatoms. The number of aromatic nitrogens is 3. The van der Waals surface area contributed by atoms with Gasteiger partial charge in [-0.1, -0.05) is 18.2 Å². The molecule has 2 heterocycles. The summed E-state index contributed by atoms with van der Waals surface area (Å²) in [6.45, 7) is -5.66. The number of hydrogen-bond donors (Lipinski definition) is 1. The molecule has 0 spiro atoms. The van der Waals surface area contributed by atoms with Gasteiger partial charge in [0.2, 0.25) is 5.88 Å². The summed E-state index contributed by atoms with van der Waals surface area (Å²) in [5.74, 6) is -2.07. The van der Waals surface area contributed by atoms with Gasteiger partial charge in [0, 0.05) is 23.4 Å². The molecule has 1 N–H and O–H groups in total. The Bertz CT molecular complexity index is 1040. The topological polar surface area (TPSA) is 86.2 Å². The van der Waals surface area contributed by atoms with Gasteiger partial charge >= 0.3 is 6.61 Å². The summed E-state index contributed by atoms with van der Waals surface area (Å²) in [6.07, 6.45) is 3.61. The lowest BCUT2D eigenvalue weighted by Gasteiger charge is -2.07. The summed E-state index contributed by atoms with van der Waals surface area (Å²) in [4.78, 5) is 28.6. The predicted octanol–water partition coefficient (Wildman–Crippen LogP) is 3.14. The summed E-state index contributed by atoms with van der Waals surface area (Å²) in [6, 6.07) is 7.62. The molecule has 7 nitrogen and oxygen atoms in total. The number of nitrogens with one attached hydrogen (secondary N) is 1. The van der Waals surface area contributed by atoms with Crippen LogP contribution >= 0.6 is 0 Å². The first-order valence-corrected chi connectivity index (χ1v) is 7.73. The SMILES string of the molecule is [2H]C([2H])(ONC(=O)c1cncc(-c2ccc(OC(F)F)nc2)n1)c1ccccc1F. The average Bonchev–Trinajstić information content (AvgIpc) is 2.72. The maximum Gasteiger partial charge on any atom is 0.388 e. The van der Waals surface area contributed by atoms with Crippen LogP contribution < -0.4 is 10.2 Å². The number of hydroxylamine groups is 1. The molecule has 1 amide bonds. The number of pyridine rings is 1. The lowest BCUT2D eigenvalue weighted by Crippen LogP contribution is -2.25.